The van der Waals surface area contributed by atoms with Crippen molar-refractivity contribution < 1.29 is 4.79 Å². The predicted molar refractivity (Wildman–Crippen MR) is 78.2 cm³/mol. The van der Waals surface area contributed by atoms with E-state index in [-0.39, 0.29) is 5.91 Å². The summed E-state index contributed by atoms with van der Waals surface area (Å²) in [4.78, 5) is 12.2. The Morgan fingerprint density at radius 3 is 2.63 bits per heavy atom. The van der Waals surface area contributed by atoms with E-state index in [2.05, 4.69) is 18.3 Å². The molecule has 0 bridgehead atoms. The predicted octanol–water partition coefficient (Wildman–Crippen LogP) is 3.76. The minimum Gasteiger partial charge on any atom is -0.349 e. The van der Waals surface area contributed by atoms with Gasteiger partial charge in [0.25, 0.3) is 5.91 Å². The summed E-state index contributed by atoms with van der Waals surface area (Å²) in [5.41, 5.74) is 0.762. The highest BCUT2D eigenvalue weighted by Gasteiger charge is 2.23. The van der Waals surface area contributed by atoms with Gasteiger partial charge in [-0.05, 0) is 48.1 Å². The SMILES string of the molecule is CC1CCC(NC(=O)c2ccc3ccccc3c2)C1. The number of hydrogen-bond acceptors (Lipinski definition) is 1. The van der Waals surface area contributed by atoms with E-state index in [0.29, 0.717) is 6.04 Å². The highest BCUT2D eigenvalue weighted by atomic mass is 16.1. The molecule has 0 spiro atoms. The van der Waals surface area contributed by atoms with E-state index in [1.807, 2.05) is 36.4 Å². The Balaban J connectivity index is 1.77. The Bertz CT molecular complexity index is 605. The zero-order chi connectivity index (χ0) is 13.2. The van der Waals surface area contributed by atoms with Gasteiger partial charge in [0.2, 0.25) is 0 Å². The van der Waals surface area contributed by atoms with Crippen LogP contribution >= 0.6 is 0 Å². The van der Waals surface area contributed by atoms with Crippen molar-refractivity contribution in [2.24, 2.45) is 5.92 Å². The van der Waals surface area contributed by atoms with Crippen molar-refractivity contribution in [2.75, 3.05) is 0 Å². The summed E-state index contributed by atoms with van der Waals surface area (Å²) in [5, 5.41) is 5.45. The van der Waals surface area contributed by atoms with Crippen molar-refractivity contribution in [3.8, 4) is 0 Å². The van der Waals surface area contributed by atoms with Gasteiger partial charge in [0.15, 0.2) is 0 Å². The number of nitrogens with one attached hydrogen (secondary N) is 1. The second kappa shape index (κ2) is 5.04. The fraction of sp³-hybridized carbons (Fsp3) is 0.353. The van der Waals surface area contributed by atoms with Crippen LogP contribution in [0.2, 0.25) is 0 Å². The molecular weight excluding hydrogens is 234 g/mol. The normalized spacial score (nSPS) is 22.6. The third-order valence-corrected chi connectivity index (χ3v) is 4.04. The van der Waals surface area contributed by atoms with E-state index in [1.54, 1.807) is 0 Å². The van der Waals surface area contributed by atoms with Crippen LogP contribution in [0.5, 0.6) is 0 Å². The molecule has 2 nitrogen and oxygen atoms in total. The zero-order valence-electron chi connectivity index (χ0n) is 11.2. The molecule has 1 fully saturated rings. The molecule has 0 heterocycles. The smallest absolute Gasteiger partial charge is 0.251 e. The van der Waals surface area contributed by atoms with Gasteiger partial charge in [-0.3, -0.25) is 4.79 Å². The average Bonchev–Trinajstić information content (AvgIpc) is 2.83. The molecule has 2 unspecified atom stereocenters. The molecule has 1 amide bonds. The summed E-state index contributed by atoms with van der Waals surface area (Å²) in [6, 6.07) is 14.4. The highest BCUT2D eigenvalue weighted by Crippen LogP contribution is 2.25. The molecule has 0 aromatic heterocycles. The summed E-state index contributed by atoms with van der Waals surface area (Å²) >= 11 is 0. The number of hydrogen-bond donors (Lipinski definition) is 1. The van der Waals surface area contributed by atoms with Gasteiger partial charge in [-0.25, -0.2) is 0 Å². The maximum atomic E-state index is 12.2. The number of benzene rings is 2. The minimum absolute atomic E-state index is 0.0600. The second-order valence-corrected chi connectivity index (χ2v) is 5.65. The first-order valence-electron chi connectivity index (χ1n) is 7.02. The van der Waals surface area contributed by atoms with E-state index in [4.69, 9.17) is 0 Å². The molecule has 98 valence electrons. The summed E-state index contributed by atoms with van der Waals surface area (Å²) in [7, 11) is 0. The molecule has 19 heavy (non-hydrogen) atoms. The fourth-order valence-electron chi connectivity index (χ4n) is 2.94. The average molecular weight is 253 g/mol. The number of fused-ring (bicyclic) bond motifs is 1. The maximum absolute atomic E-state index is 12.2. The third kappa shape index (κ3) is 2.62. The molecule has 2 atom stereocenters. The molecular formula is C17H19NO. The standard InChI is InChI=1S/C17H19NO/c1-12-6-9-16(10-12)18-17(19)15-8-7-13-4-2-3-5-14(13)11-15/h2-5,7-8,11-12,16H,6,9-10H2,1H3,(H,18,19). The Labute approximate surface area is 113 Å². The van der Waals surface area contributed by atoms with Crippen LogP contribution in [0.15, 0.2) is 42.5 Å². The molecule has 1 aliphatic rings. The highest BCUT2D eigenvalue weighted by molar-refractivity contribution is 5.98. The molecule has 2 heteroatoms. The third-order valence-electron chi connectivity index (χ3n) is 4.04. The lowest BCUT2D eigenvalue weighted by Crippen LogP contribution is -2.32. The molecule has 1 aliphatic carbocycles. The molecule has 3 rings (SSSR count). The largest absolute Gasteiger partial charge is 0.349 e. The van der Waals surface area contributed by atoms with Crippen molar-refractivity contribution in [1.29, 1.82) is 0 Å². The molecule has 2 aromatic rings. The molecule has 0 saturated heterocycles. The number of rotatable bonds is 2. The van der Waals surface area contributed by atoms with Gasteiger partial charge in [0, 0.05) is 11.6 Å². The summed E-state index contributed by atoms with van der Waals surface area (Å²) < 4.78 is 0. The van der Waals surface area contributed by atoms with E-state index in [0.717, 1.165) is 29.7 Å². The van der Waals surface area contributed by atoms with E-state index in [9.17, 15) is 4.79 Å². The Hall–Kier alpha value is -1.83. The van der Waals surface area contributed by atoms with Crippen LogP contribution in [0.4, 0.5) is 0 Å². The quantitative estimate of drug-likeness (QED) is 0.867. The molecule has 1 N–H and O–H groups in total. The molecule has 2 aromatic carbocycles. The van der Waals surface area contributed by atoms with Gasteiger partial charge >= 0.3 is 0 Å². The van der Waals surface area contributed by atoms with Crippen LogP contribution in [-0.2, 0) is 0 Å². The van der Waals surface area contributed by atoms with E-state index < -0.39 is 0 Å². The Morgan fingerprint density at radius 1 is 1.11 bits per heavy atom. The van der Waals surface area contributed by atoms with E-state index >= 15 is 0 Å². The Kier molecular flexibility index (Phi) is 3.24. The molecule has 0 radical (unpaired) electrons. The fourth-order valence-corrected chi connectivity index (χ4v) is 2.94. The first kappa shape index (κ1) is 12.2. The van der Waals surface area contributed by atoms with Crippen molar-refractivity contribution in [1.82, 2.24) is 5.32 Å². The van der Waals surface area contributed by atoms with Gasteiger partial charge in [0.05, 0.1) is 0 Å². The lowest BCUT2D eigenvalue weighted by atomic mass is 10.1. The van der Waals surface area contributed by atoms with Crippen molar-refractivity contribution >= 4 is 16.7 Å². The van der Waals surface area contributed by atoms with Crippen molar-refractivity contribution in [2.45, 2.75) is 32.2 Å². The van der Waals surface area contributed by atoms with Crippen LogP contribution in [0, 0.1) is 5.92 Å². The number of carbonyl (C=O) groups is 1. The molecule has 1 saturated carbocycles. The molecule has 0 aliphatic heterocycles. The summed E-state index contributed by atoms with van der Waals surface area (Å²) in [5.74, 6) is 0.798. The van der Waals surface area contributed by atoms with Gasteiger partial charge < -0.3 is 5.32 Å². The lowest BCUT2D eigenvalue weighted by molar-refractivity contribution is 0.0937. The zero-order valence-corrected chi connectivity index (χ0v) is 11.2. The number of carbonyl (C=O) groups excluding carboxylic acids is 1. The van der Waals surface area contributed by atoms with Gasteiger partial charge in [0.1, 0.15) is 0 Å². The van der Waals surface area contributed by atoms with Crippen LogP contribution < -0.4 is 5.32 Å². The van der Waals surface area contributed by atoms with Gasteiger partial charge in [-0.1, -0.05) is 37.3 Å². The van der Waals surface area contributed by atoms with Gasteiger partial charge in [-0.15, -0.1) is 0 Å². The van der Waals surface area contributed by atoms with Crippen molar-refractivity contribution in [3.63, 3.8) is 0 Å². The topological polar surface area (TPSA) is 29.1 Å². The lowest BCUT2D eigenvalue weighted by Gasteiger charge is -2.12. The Morgan fingerprint density at radius 2 is 1.89 bits per heavy atom. The monoisotopic (exact) mass is 253 g/mol. The minimum atomic E-state index is 0.0600. The van der Waals surface area contributed by atoms with Crippen LogP contribution in [0.3, 0.4) is 0 Å². The van der Waals surface area contributed by atoms with Crippen LogP contribution in [0.25, 0.3) is 10.8 Å². The van der Waals surface area contributed by atoms with Gasteiger partial charge in [-0.2, -0.15) is 0 Å². The van der Waals surface area contributed by atoms with E-state index in [1.165, 1.54) is 11.8 Å². The van der Waals surface area contributed by atoms with Crippen molar-refractivity contribution in [3.05, 3.63) is 48.0 Å². The first-order chi connectivity index (χ1) is 9.22. The van der Waals surface area contributed by atoms with Crippen LogP contribution in [-0.4, -0.2) is 11.9 Å². The summed E-state index contributed by atoms with van der Waals surface area (Å²) in [6.07, 6.45) is 3.45. The van der Waals surface area contributed by atoms with Crippen LogP contribution in [0.1, 0.15) is 36.5 Å². The number of amides is 1. The summed E-state index contributed by atoms with van der Waals surface area (Å²) in [6.45, 7) is 2.25. The maximum Gasteiger partial charge on any atom is 0.251 e. The first-order valence-corrected chi connectivity index (χ1v) is 7.02. The second-order valence-electron chi connectivity index (χ2n) is 5.65.